The highest BCUT2D eigenvalue weighted by atomic mass is 16.2. The molecule has 0 saturated carbocycles. The Morgan fingerprint density at radius 3 is 2.45 bits per heavy atom. The van der Waals surface area contributed by atoms with Gasteiger partial charge >= 0.3 is 0 Å². The van der Waals surface area contributed by atoms with Gasteiger partial charge in [0.1, 0.15) is 0 Å². The summed E-state index contributed by atoms with van der Waals surface area (Å²) in [7, 11) is 0. The van der Waals surface area contributed by atoms with Gasteiger partial charge in [-0.2, -0.15) is 0 Å². The Morgan fingerprint density at radius 1 is 1.00 bits per heavy atom. The van der Waals surface area contributed by atoms with Gasteiger partial charge in [0.2, 0.25) is 5.91 Å². The molecular formula is C26H33N3O2. The van der Waals surface area contributed by atoms with Crippen molar-refractivity contribution in [3.05, 3.63) is 70.8 Å². The molecule has 4 rings (SSSR count). The molecule has 1 atom stereocenters. The second-order valence-electron chi connectivity index (χ2n) is 8.91. The number of fused-ring (bicyclic) bond motifs is 1. The number of amides is 2. The SMILES string of the molecule is CC(NC(=O)CN1CCC(NC(=O)c2ccccc2)CC1)c1ccc2c(c1)CCCC2. The molecule has 1 aliphatic carbocycles. The largest absolute Gasteiger partial charge is 0.349 e. The summed E-state index contributed by atoms with van der Waals surface area (Å²) in [5.41, 5.74) is 4.80. The Balaban J connectivity index is 1.21. The predicted octanol–water partition coefficient (Wildman–Crippen LogP) is 3.64. The van der Waals surface area contributed by atoms with Crippen molar-refractivity contribution in [2.24, 2.45) is 0 Å². The number of piperidine rings is 1. The Labute approximate surface area is 185 Å². The molecule has 2 N–H and O–H groups in total. The van der Waals surface area contributed by atoms with Gasteiger partial charge in [-0.15, -0.1) is 0 Å². The van der Waals surface area contributed by atoms with E-state index in [1.807, 2.05) is 30.3 Å². The van der Waals surface area contributed by atoms with Crippen LogP contribution in [0.25, 0.3) is 0 Å². The summed E-state index contributed by atoms with van der Waals surface area (Å²) in [6.07, 6.45) is 6.61. The van der Waals surface area contributed by atoms with Crippen LogP contribution in [-0.4, -0.2) is 42.4 Å². The second-order valence-corrected chi connectivity index (χ2v) is 8.91. The normalized spacial score (nSPS) is 18.1. The molecule has 1 saturated heterocycles. The quantitative estimate of drug-likeness (QED) is 0.752. The standard InChI is InChI=1S/C26H33N3O2/c1-19(22-12-11-20-7-5-6-10-23(20)17-22)27-25(30)18-29-15-13-24(14-16-29)28-26(31)21-8-3-2-4-9-21/h2-4,8-9,11-12,17,19,24H,5-7,10,13-16,18H2,1H3,(H,27,30)(H,28,31). The number of nitrogens with one attached hydrogen (secondary N) is 2. The zero-order valence-corrected chi connectivity index (χ0v) is 18.4. The van der Waals surface area contributed by atoms with Gasteiger partial charge in [0, 0.05) is 24.7 Å². The van der Waals surface area contributed by atoms with Crippen LogP contribution in [0.5, 0.6) is 0 Å². The number of rotatable bonds is 6. The van der Waals surface area contributed by atoms with Crippen LogP contribution in [0.15, 0.2) is 48.5 Å². The molecular weight excluding hydrogens is 386 g/mol. The Morgan fingerprint density at radius 2 is 1.71 bits per heavy atom. The third kappa shape index (κ3) is 5.73. The second kappa shape index (κ2) is 10.1. The highest BCUT2D eigenvalue weighted by molar-refractivity contribution is 5.94. The average molecular weight is 420 g/mol. The van der Waals surface area contributed by atoms with Gasteiger partial charge in [-0.3, -0.25) is 14.5 Å². The van der Waals surface area contributed by atoms with E-state index in [0.29, 0.717) is 12.1 Å². The van der Waals surface area contributed by atoms with Crippen LogP contribution in [0.3, 0.4) is 0 Å². The smallest absolute Gasteiger partial charge is 0.251 e. The van der Waals surface area contributed by atoms with Gasteiger partial charge in [-0.25, -0.2) is 0 Å². The maximum atomic E-state index is 12.6. The van der Waals surface area contributed by atoms with Gasteiger partial charge in [0.05, 0.1) is 12.6 Å². The lowest BCUT2D eigenvalue weighted by atomic mass is 9.89. The number of nitrogens with zero attached hydrogens (tertiary/aromatic N) is 1. The van der Waals surface area contributed by atoms with Crippen molar-refractivity contribution in [3.8, 4) is 0 Å². The molecule has 2 amide bonds. The van der Waals surface area contributed by atoms with Crippen molar-refractivity contribution < 1.29 is 9.59 Å². The lowest BCUT2D eigenvalue weighted by molar-refractivity contribution is -0.123. The van der Waals surface area contributed by atoms with Crippen molar-refractivity contribution in [2.45, 2.75) is 57.5 Å². The molecule has 2 aromatic carbocycles. The fourth-order valence-corrected chi connectivity index (χ4v) is 4.69. The summed E-state index contributed by atoms with van der Waals surface area (Å²) in [5.74, 6) is 0.0488. The first kappa shape index (κ1) is 21.6. The van der Waals surface area contributed by atoms with Crippen LogP contribution in [0, 0.1) is 0 Å². The zero-order valence-electron chi connectivity index (χ0n) is 18.4. The van der Waals surface area contributed by atoms with Crippen LogP contribution in [0.4, 0.5) is 0 Å². The van der Waals surface area contributed by atoms with E-state index in [1.165, 1.54) is 36.0 Å². The number of carbonyl (C=O) groups excluding carboxylic acids is 2. The summed E-state index contributed by atoms with van der Waals surface area (Å²) in [6, 6.07) is 16.2. The third-order valence-electron chi connectivity index (χ3n) is 6.58. The minimum absolute atomic E-state index is 0.0161. The van der Waals surface area contributed by atoms with E-state index in [4.69, 9.17) is 0 Å². The summed E-state index contributed by atoms with van der Waals surface area (Å²) in [5, 5.41) is 6.29. The molecule has 2 aliphatic rings. The minimum atomic E-state index is -0.0179. The number of carbonyl (C=O) groups is 2. The molecule has 5 nitrogen and oxygen atoms in total. The van der Waals surface area contributed by atoms with Gasteiger partial charge in [0.15, 0.2) is 0 Å². The number of hydrogen-bond acceptors (Lipinski definition) is 3. The highest BCUT2D eigenvalue weighted by Crippen LogP contribution is 2.24. The molecule has 0 bridgehead atoms. The first-order valence-corrected chi connectivity index (χ1v) is 11.6. The monoisotopic (exact) mass is 419 g/mol. The number of hydrogen-bond donors (Lipinski definition) is 2. The zero-order chi connectivity index (χ0) is 21.6. The molecule has 31 heavy (non-hydrogen) atoms. The number of aryl methyl sites for hydroxylation is 2. The van der Waals surface area contributed by atoms with Crippen LogP contribution in [0.2, 0.25) is 0 Å². The first-order valence-electron chi connectivity index (χ1n) is 11.6. The van der Waals surface area contributed by atoms with Crippen LogP contribution in [0.1, 0.15) is 65.7 Å². The van der Waals surface area contributed by atoms with Crippen molar-refractivity contribution in [1.29, 1.82) is 0 Å². The van der Waals surface area contributed by atoms with Crippen LogP contribution in [-0.2, 0) is 17.6 Å². The van der Waals surface area contributed by atoms with Crippen molar-refractivity contribution in [3.63, 3.8) is 0 Å². The maximum Gasteiger partial charge on any atom is 0.251 e. The molecule has 0 aromatic heterocycles. The molecule has 1 heterocycles. The Hall–Kier alpha value is -2.66. The number of likely N-dealkylation sites (tertiary alicyclic amines) is 1. The summed E-state index contributed by atoms with van der Waals surface area (Å²) in [6.45, 7) is 4.11. The third-order valence-corrected chi connectivity index (χ3v) is 6.58. The van der Waals surface area contributed by atoms with Gasteiger partial charge in [0.25, 0.3) is 5.91 Å². The first-order chi connectivity index (χ1) is 15.1. The van der Waals surface area contributed by atoms with Crippen molar-refractivity contribution in [2.75, 3.05) is 19.6 Å². The van der Waals surface area contributed by atoms with Crippen molar-refractivity contribution in [1.82, 2.24) is 15.5 Å². The maximum absolute atomic E-state index is 12.6. The Bertz CT molecular complexity index is 904. The van der Waals surface area contributed by atoms with Crippen molar-refractivity contribution >= 4 is 11.8 Å². The molecule has 0 spiro atoms. The van der Waals surface area contributed by atoms with E-state index in [2.05, 4.69) is 40.7 Å². The minimum Gasteiger partial charge on any atom is -0.349 e. The van der Waals surface area contributed by atoms with Crippen LogP contribution < -0.4 is 10.6 Å². The molecule has 1 aliphatic heterocycles. The van der Waals surface area contributed by atoms with E-state index in [1.54, 1.807) is 0 Å². The lowest BCUT2D eigenvalue weighted by Crippen LogP contribution is -2.47. The lowest BCUT2D eigenvalue weighted by Gasteiger charge is -2.32. The highest BCUT2D eigenvalue weighted by Gasteiger charge is 2.23. The molecule has 2 aromatic rings. The molecule has 164 valence electrons. The van der Waals surface area contributed by atoms with E-state index >= 15 is 0 Å². The predicted molar refractivity (Wildman–Crippen MR) is 123 cm³/mol. The number of benzene rings is 2. The Kier molecular flexibility index (Phi) is 7.03. The summed E-state index contributed by atoms with van der Waals surface area (Å²) < 4.78 is 0. The average Bonchev–Trinajstić information content (AvgIpc) is 2.80. The molecule has 1 unspecified atom stereocenters. The van der Waals surface area contributed by atoms with E-state index in [-0.39, 0.29) is 23.9 Å². The topological polar surface area (TPSA) is 61.4 Å². The summed E-state index contributed by atoms with van der Waals surface area (Å²) in [4.78, 5) is 27.1. The summed E-state index contributed by atoms with van der Waals surface area (Å²) >= 11 is 0. The van der Waals surface area contributed by atoms with Gasteiger partial charge in [-0.05, 0) is 74.3 Å². The fraction of sp³-hybridized carbons (Fsp3) is 0.462. The van der Waals surface area contributed by atoms with Gasteiger partial charge in [-0.1, -0.05) is 36.4 Å². The molecule has 0 radical (unpaired) electrons. The van der Waals surface area contributed by atoms with E-state index < -0.39 is 0 Å². The van der Waals surface area contributed by atoms with Crippen LogP contribution >= 0.6 is 0 Å². The van der Waals surface area contributed by atoms with Gasteiger partial charge < -0.3 is 10.6 Å². The van der Waals surface area contributed by atoms with E-state index in [0.717, 1.165) is 32.4 Å². The molecule has 1 fully saturated rings. The van der Waals surface area contributed by atoms with E-state index in [9.17, 15) is 9.59 Å². The molecule has 5 heteroatoms. The fourth-order valence-electron chi connectivity index (χ4n) is 4.69.